The van der Waals surface area contributed by atoms with Gasteiger partial charge in [-0.2, -0.15) is 0 Å². The number of rotatable bonds is 6. The van der Waals surface area contributed by atoms with Crippen molar-refractivity contribution in [2.75, 3.05) is 11.9 Å². The molecule has 0 bridgehead atoms. The second kappa shape index (κ2) is 10.1. The van der Waals surface area contributed by atoms with E-state index in [1.807, 2.05) is 25.1 Å². The summed E-state index contributed by atoms with van der Waals surface area (Å²) in [7, 11) is 0. The molecule has 26 heavy (non-hydrogen) atoms. The lowest BCUT2D eigenvalue weighted by Gasteiger charge is -2.12. The maximum atomic E-state index is 12.0. The Morgan fingerprint density at radius 3 is 2.69 bits per heavy atom. The fourth-order valence-corrected chi connectivity index (χ4v) is 3.35. The highest BCUT2D eigenvalue weighted by Crippen LogP contribution is 2.27. The van der Waals surface area contributed by atoms with Crippen molar-refractivity contribution in [2.24, 2.45) is 0 Å². The molecule has 2 N–H and O–H groups in total. The summed E-state index contributed by atoms with van der Waals surface area (Å²) in [5.74, 6) is 0.356. The van der Waals surface area contributed by atoms with Crippen LogP contribution in [-0.4, -0.2) is 17.6 Å². The van der Waals surface area contributed by atoms with Crippen LogP contribution in [0.1, 0.15) is 18.4 Å². The number of aryl methyl sites for hydroxylation is 1. The number of amides is 1. The fourth-order valence-electron chi connectivity index (χ4n) is 2.07. The topological polar surface area (TPSA) is 50.4 Å². The van der Waals surface area contributed by atoms with E-state index >= 15 is 0 Å². The van der Waals surface area contributed by atoms with Crippen molar-refractivity contribution in [3.8, 4) is 5.75 Å². The molecular weight excluding hydrogens is 459 g/mol. The van der Waals surface area contributed by atoms with E-state index in [0.717, 1.165) is 15.7 Å². The lowest BCUT2D eigenvalue weighted by molar-refractivity contribution is -0.119. The summed E-state index contributed by atoms with van der Waals surface area (Å²) in [6, 6.07) is 10.8. The highest BCUT2D eigenvalue weighted by molar-refractivity contribution is 9.10. The summed E-state index contributed by atoms with van der Waals surface area (Å²) in [6.45, 7) is 2.35. The van der Waals surface area contributed by atoms with Gasteiger partial charge in [0.15, 0.2) is 5.11 Å². The van der Waals surface area contributed by atoms with Gasteiger partial charge in [0.1, 0.15) is 5.75 Å². The number of carbonyl (C=O) groups is 1. The molecule has 0 heterocycles. The van der Waals surface area contributed by atoms with Crippen LogP contribution in [0.25, 0.3) is 0 Å². The summed E-state index contributed by atoms with van der Waals surface area (Å²) in [5, 5.41) is 6.87. The molecule has 0 aliphatic rings. The molecule has 0 fully saturated rings. The zero-order valence-electron chi connectivity index (χ0n) is 13.9. The van der Waals surface area contributed by atoms with Gasteiger partial charge in [0.25, 0.3) is 0 Å². The first kappa shape index (κ1) is 21.0. The Bertz CT molecular complexity index is 818. The highest BCUT2D eigenvalue weighted by Gasteiger charge is 2.08. The predicted molar refractivity (Wildman–Crippen MR) is 114 cm³/mol. The lowest BCUT2D eigenvalue weighted by Crippen LogP contribution is -2.34. The minimum atomic E-state index is -0.184. The third-order valence-corrected chi connectivity index (χ3v) is 4.72. The SMILES string of the molecule is Cc1ccc(NC(=S)NC(=O)CCCOc2ccc(Cl)cc2Cl)c(Br)c1. The number of anilines is 1. The summed E-state index contributed by atoms with van der Waals surface area (Å²) in [5.41, 5.74) is 1.92. The number of halogens is 3. The van der Waals surface area contributed by atoms with Crippen LogP contribution in [0.5, 0.6) is 5.75 Å². The maximum absolute atomic E-state index is 12.0. The second-order valence-electron chi connectivity index (χ2n) is 5.51. The smallest absolute Gasteiger partial charge is 0.226 e. The van der Waals surface area contributed by atoms with Gasteiger partial charge in [0.2, 0.25) is 5.91 Å². The molecule has 0 radical (unpaired) electrons. The van der Waals surface area contributed by atoms with Crippen molar-refractivity contribution in [1.29, 1.82) is 0 Å². The molecule has 8 heteroatoms. The number of benzene rings is 2. The van der Waals surface area contributed by atoms with Gasteiger partial charge in [-0.3, -0.25) is 4.79 Å². The molecule has 0 aromatic heterocycles. The molecular formula is C18H17BrCl2N2O2S. The Morgan fingerprint density at radius 2 is 2.00 bits per heavy atom. The molecule has 0 aliphatic carbocycles. The summed E-state index contributed by atoms with van der Waals surface area (Å²) < 4.78 is 6.42. The Labute approximate surface area is 176 Å². The number of thiocarbonyl (C=S) groups is 1. The van der Waals surface area contributed by atoms with Crippen molar-refractivity contribution >= 4 is 68.1 Å². The number of hydrogen-bond acceptors (Lipinski definition) is 3. The Balaban J connectivity index is 1.72. The van der Waals surface area contributed by atoms with Crippen LogP contribution in [0.15, 0.2) is 40.9 Å². The van der Waals surface area contributed by atoms with Crippen molar-refractivity contribution in [1.82, 2.24) is 5.32 Å². The first-order chi connectivity index (χ1) is 12.3. The van der Waals surface area contributed by atoms with E-state index < -0.39 is 0 Å². The minimum Gasteiger partial charge on any atom is -0.492 e. The standard InChI is InChI=1S/C18H17BrCl2N2O2S/c1-11-4-6-15(13(19)9-11)22-18(26)23-17(24)3-2-8-25-16-7-5-12(20)10-14(16)21/h4-7,9-10H,2-3,8H2,1H3,(H2,22,23,24,26). The van der Waals surface area contributed by atoms with Gasteiger partial charge in [0.05, 0.1) is 17.3 Å². The first-order valence-electron chi connectivity index (χ1n) is 7.80. The van der Waals surface area contributed by atoms with E-state index in [9.17, 15) is 4.79 Å². The van der Waals surface area contributed by atoms with Gasteiger partial charge >= 0.3 is 0 Å². The van der Waals surface area contributed by atoms with E-state index in [-0.39, 0.29) is 17.4 Å². The van der Waals surface area contributed by atoms with Crippen LogP contribution >= 0.6 is 51.3 Å². The summed E-state index contributed by atoms with van der Waals surface area (Å²) >= 11 is 20.5. The van der Waals surface area contributed by atoms with E-state index in [2.05, 4.69) is 26.6 Å². The highest BCUT2D eigenvalue weighted by atomic mass is 79.9. The molecule has 2 aromatic carbocycles. The average Bonchev–Trinajstić information content (AvgIpc) is 2.56. The number of carbonyl (C=O) groups excluding carboxylic acids is 1. The molecule has 2 rings (SSSR count). The van der Waals surface area contributed by atoms with Crippen LogP contribution in [-0.2, 0) is 4.79 Å². The molecule has 0 unspecified atom stereocenters. The van der Waals surface area contributed by atoms with Crippen molar-refractivity contribution in [2.45, 2.75) is 19.8 Å². The number of hydrogen-bond donors (Lipinski definition) is 2. The van der Waals surface area contributed by atoms with Crippen LogP contribution in [0.4, 0.5) is 5.69 Å². The van der Waals surface area contributed by atoms with Crippen molar-refractivity contribution in [3.63, 3.8) is 0 Å². The van der Waals surface area contributed by atoms with Crippen LogP contribution in [0, 0.1) is 6.92 Å². The van der Waals surface area contributed by atoms with E-state index in [4.69, 9.17) is 40.2 Å². The second-order valence-corrected chi connectivity index (χ2v) is 7.62. The number of ether oxygens (including phenoxy) is 1. The monoisotopic (exact) mass is 474 g/mol. The zero-order valence-corrected chi connectivity index (χ0v) is 17.9. The molecule has 0 saturated carbocycles. The molecule has 2 aromatic rings. The molecule has 0 aliphatic heterocycles. The van der Waals surface area contributed by atoms with E-state index in [1.165, 1.54) is 0 Å². The third-order valence-electron chi connectivity index (χ3n) is 3.33. The normalized spacial score (nSPS) is 10.3. The van der Waals surface area contributed by atoms with Gasteiger partial charge in [-0.1, -0.05) is 29.3 Å². The third kappa shape index (κ3) is 6.76. The summed E-state index contributed by atoms with van der Waals surface area (Å²) in [4.78, 5) is 12.0. The molecule has 0 atom stereocenters. The Hall–Kier alpha value is -1.34. The molecule has 4 nitrogen and oxygen atoms in total. The largest absolute Gasteiger partial charge is 0.492 e. The van der Waals surface area contributed by atoms with Gasteiger partial charge in [-0.05, 0) is 77.4 Å². The quantitative estimate of drug-likeness (QED) is 0.413. The fraction of sp³-hybridized carbons (Fsp3) is 0.222. The molecule has 0 saturated heterocycles. The molecule has 1 amide bonds. The van der Waals surface area contributed by atoms with E-state index in [0.29, 0.717) is 28.8 Å². The van der Waals surface area contributed by atoms with Gasteiger partial charge in [0, 0.05) is 15.9 Å². The minimum absolute atomic E-state index is 0.184. The lowest BCUT2D eigenvalue weighted by atomic mass is 10.2. The predicted octanol–water partition coefficient (Wildman–Crippen LogP) is 5.74. The van der Waals surface area contributed by atoms with Gasteiger partial charge in [-0.25, -0.2) is 0 Å². The van der Waals surface area contributed by atoms with E-state index in [1.54, 1.807) is 18.2 Å². The van der Waals surface area contributed by atoms with Crippen molar-refractivity contribution < 1.29 is 9.53 Å². The molecule has 0 spiro atoms. The van der Waals surface area contributed by atoms with Crippen LogP contribution < -0.4 is 15.4 Å². The van der Waals surface area contributed by atoms with Gasteiger partial charge in [-0.15, -0.1) is 0 Å². The average molecular weight is 476 g/mol. The van der Waals surface area contributed by atoms with Crippen molar-refractivity contribution in [3.05, 3.63) is 56.5 Å². The maximum Gasteiger partial charge on any atom is 0.226 e. The van der Waals surface area contributed by atoms with Crippen LogP contribution in [0.2, 0.25) is 10.0 Å². The zero-order chi connectivity index (χ0) is 19.1. The molecule has 138 valence electrons. The number of nitrogens with one attached hydrogen (secondary N) is 2. The Morgan fingerprint density at radius 1 is 1.23 bits per heavy atom. The first-order valence-corrected chi connectivity index (χ1v) is 9.75. The summed E-state index contributed by atoms with van der Waals surface area (Å²) in [6.07, 6.45) is 0.809. The van der Waals surface area contributed by atoms with Gasteiger partial charge < -0.3 is 15.4 Å². The Kier molecular flexibility index (Phi) is 8.15. The van der Waals surface area contributed by atoms with Crippen LogP contribution in [0.3, 0.4) is 0 Å².